The van der Waals surface area contributed by atoms with Crippen molar-refractivity contribution in [1.29, 1.82) is 0 Å². The smallest absolute Gasteiger partial charge is 0.325 e. The number of amides is 3. The van der Waals surface area contributed by atoms with Gasteiger partial charge in [0.15, 0.2) is 0 Å². The standard InChI is InChI=1S/C18H17N3O5/c1-18(13-7-9-14(10-8-13)21(24)25)16(22)20(17(23)19-18)11-12-26-15-5-3-2-4-6-15/h2-10H,11-12H2,1H3,(H,19,23). The fourth-order valence-corrected chi connectivity index (χ4v) is 2.78. The maximum Gasteiger partial charge on any atom is 0.325 e. The zero-order valence-electron chi connectivity index (χ0n) is 14.0. The van der Waals surface area contributed by atoms with E-state index >= 15 is 0 Å². The molecule has 26 heavy (non-hydrogen) atoms. The van der Waals surface area contributed by atoms with E-state index in [0.29, 0.717) is 11.3 Å². The minimum absolute atomic E-state index is 0.0813. The van der Waals surface area contributed by atoms with Gasteiger partial charge in [-0.3, -0.25) is 19.8 Å². The summed E-state index contributed by atoms with van der Waals surface area (Å²) in [5.74, 6) is 0.227. The van der Waals surface area contributed by atoms with Crippen molar-refractivity contribution < 1.29 is 19.2 Å². The van der Waals surface area contributed by atoms with Crippen molar-refractivity contribution >= 4 is 17.6 Å². The molecule has 1 atom stereocenters. The van der Waals surface area contributed by atoms with Crippen LogP contribution in [0.5, 0.6) is 5.75 Å². The van der Waals surface area contributed by atoms with E-state index in [1.807, 2.05) is 18.2 Å². The first kappa shape index (κ1) is 17.4. The molecular weight excluding hydrogens is 338 g/mol. The molecule has 1 N–H and O–H groups in total. The fraction of sp³-hybridized carbons (Fsp3) is 0.222. The van der Waals surface area contributed by atoms with E-state index in [0.717, 1.165) is 4.90 Å². The first-order chi connectivity index (χ1) is 12.4. The van der Waals surface area contributed by atoms with Crippen molar-refractivity contribution in [2.24, 2.45) is 0 Å². The van der Waals surface area contributed by atoms with E-state index in [2.05, 4.69) is 5.32 Å². The van der Waals surface area contributed by atoms with Gasteiger partial charge in [0.1, 0.15) is 17.9 Å². The third-order valence-corrected chi connectivity index (χ3v) is 4.26. The molecule has 0 spiro atoms. The normalized spacial score (nSPS) is 19.3. The van der Waals surface area contributed by atoms with Crippen LogP contribution in [0.3, 0.4) is 0 Å². The average Bonchev–Trinajstić information content (AvgIpc) is 2.86. The maximum absolute atomic E-state index is 12.8. The van der Waals surface area contributed by atoms with Gasteiger partial charge in [0.2, 0.25) is 0 Å². The molecule has 0 aromatic heterocycles. The number of carbonyl (C=O) groups is 2. The van der Waals surface area contributed by atoms with Gasteiger partial charge in [-0.15, -0.1) is 0 Å². The molecule has 0 saturated carbocycles. The molecular formula is C18H17N3O5. The quantitative estimate of drug-likeness (QED) is 0.487. The lowest BCUT2D eigenvalue weighted by molar-refractivity contribution is -0.384. The summed E-state index contributed by atoms with van der Waals surface area (Å²) in [5.41, 5.74) is -0.867. The Kier molecular flexibility index (Phi) is 4.57. The van der Waals surface area contributed by atoms with Gasteiger partial charge in [0, 0.05) is 12.1 Å². The second kappa shape index (κ2) is 6.83. The highest BCUT2D eigenvalue weighted by Gasteiger charge is 2.48. The van der Waals surface area contributed by atoms with Gasteiger partial charge in [-0.25, -0.2) is 4.79 Å². The summed E-state index contributed by atoms with van der Waals surface area (Å²) in [7, 11) is 0. The molecule has 8 nitrogen and oxygen atoms in total. The number of imide groups is 1. The maximum atomic E-state index is 12.8. The van der Waals surface area contributed by atoms with Crippen molar-refractivity contribution in [1.82, 2.24) is 10.2 Å². The number of nitro groups is 1. The number of carbonyl (C=O) groups excluding carboxylic acids is 2. The summed E-state index contributed by atoms with van der Waals surface area (Å²) in [6.45, 7) is 1.84. The van der Waals surface area contributed by atoms with E-state index in [1.54, 1.807) is 19.1 Å². The van der Waals surface area contributed by atoms with Crippen molar-refractivity contribution in [2.75, 3.05) is 13.2 Å². The number of rotatable bonds is 6. The summed E-state index contributed by atoms with van der Waals surface area (Å²) in [6.07, 6.45) is 0. The molecule has 0 bridgehead atoms. The minimum atomic E-state index is -1.26. The molecule has 1 unspecified atom stereocenters. The number of benzene rings is 2. The number of nitrogens with zero attached hydrogens (tertiary/aromatic N) is 2. The van der Waals surface area contributed by atoms with Crippen LogP contribution in [0.15, 0.2) is 54.6 Å². The van der Waals surface area contributed by atoms with Crippen LogP contribution in [0, 0.1) is 10.1 Å². The molecule has 3 rings (SSSR count). The average molecular weight is 355 g/mol. The number of urea groups is 1. The summed E-state index contributed by atoms with van der Waals surface area (Å²) in [6, 6.07) is 14.1. The summed E-state index contributed by atoms with van der Waals surface area (Å²) in [4.78, 5) is 36.3. The zero-order chi connectivity index (χ0) is 18.7. The molecule has 1 aliphatic rings. The van der Waals surface area contributed by atoms with E-state index in [1.165, 1.54) is 24.3 Å². The van der Waals surface area contributed by atoms with Crippen molar-refractivity contribution in [3.8, 4) is 5.75 Å². The highest BCUT2D eigenvalue weighted by molar-refractivity contribution is 6.07. The van der Waals surface area contributed by atoms with Crippen LogP contribution in [0.2, 0.25) is 0 Å². The number of nitrogens with one attached hydrogen (secondary N) is 1. The monoisotopic (exact) mass is 355 g/mol. The van der Waals surface area contributed by atoms with Crippen LogP contribution in [-0.2, 0) is 10.3 Å². The van der Waals surface area contributed by atoms with E-state index in [-0.39, 0.29) is 18.8 Å². The van der Waals surface area contributed by atoms with Crippen LogP contribution in [0.4, 0.5) is 10.5 Å². The topological polar surface area (TPSA) is 102 Å². The second-order valence-electron chi connectivity index (χ2n) is 5.98. The summed E-state index contributed by atoms with van der Waals surface area (Å²) < 4.78 is 5.53. The zero-order valence-corrected chi connectivity index (χ0v) is 14.0. The molecule has 0 aliphatic carbocycles. The summed E-state index contributed by atoms with van der Waals surface area (Å²) in [5, 5.41) is 13.4. The van der Waals surface area contributed by atoms with Crippen LogP contribution in [0.1, 0.15) is 12.5 Å². The molecule has 2 aromatic carbocycles. The Morgan fingerprint density at radius 3 is 2.38 bits per heavy atom. The Balaban J connectivity index is 1.70. The Morgan fingerprint density at radius 2 is 1.77 bits per heavy atom. The van der Waals surface area contributed by atoms with Gasteiger partial charge in [-0.05, 0) is 36.8 Å². The Morgan fingerprint density at radius 1 is 1.12 bits per heavy atom. The van der Waals surface area contributed by atoms with Crippen LogP contribution < -0.4 is 10.1 Å². The Bertz CT molecular complexity index is 838. The van der Waals surface area contributed by atoms with E-state index in [9.17, 15) is 19.7 Å². The first-order valence-electron chi connectivity index (χ1n) is 7.99. The molecule has 1 heterocycles. The molecule has 8 heteroatoms. The van der Waals surface area contributed by atoms with Gasteiger partial charge in [-0.1, -0.05) is 18.2 Å². The van der Waals surface area contributed by atoms with Crippen molar-refractivity contribution in [3.63, 3.8) is 0 Å². The van der Waals surface area contributed by atoms with E-state index in [4.69, 9.17) is 4.74 Å². The van der Waals surface area contributed by atoms with Crippen LogP contribution in [-0.4, -0.2) is 34.9 Å². The lowest BCUT2D eigenvalue weighted by atomic mass is 9.92. The largest absolute Gasteiger partial charge is 0.492 e. The third-order valence-electron chi connectivity index (χ3n) is 4.26. The lowest BCUT2D eigenvalue weighted by Gasteiger charge is -2.22. The van der Waals surface area contributed by atoms with Crippen molar-refractivity contribution in [2.45, 2.75) is 12.5 Å². The fourth-order valence-electron chi connectivity index (χ4n) is 2.78. The third kappa shape index (κ3) is 3.21. The molecule has 1 aliphatic heterocycles. The lowest BCUT2D eigenvalue weighted by Crippen LogP contribution is -2.41. The van der Waals surface area contributed by atoms with Crippen LogP contribution in [0.25, 0.3) is 0 Å². The van der Waals surface area contributed by atoms with Gasteiger partial charge in [0.25, 0.3) is 11.6 Å². The number of nitro benzene ring substituents is 1. The molecule has 0 radical (unpaired) electrons. The van der Waals surface area contributed by atoms with Gasteiger partial charge >= 0.3 is 6.03 Å². The SMILES string of the molecule is CC1(c2ccc([N+](=O)[O-])cc2)NC(=O)N(CCOc2ccccc2)C1=O. The number of non-ortho nitro benzene ring substituents is 1. The number of ether oxygens (including phenoxy) is 1. The van der Waals surface area contributed by atoms with Gasteiger partial charge < -0.3 is 10.1 Å². The predicted molar refractivity (Wildman–Crippen MR) is 92.6 cm³/mol. The van der Waals surface area contributed by atoms with Crippen molar-refractivity contribution in [3.05, 3.63) is 70.3 Å². The second-order valence-corrected chi connectivity index (χ2v) is 5.98. The van der Waals surface area contributed by atoms with Crippen LogP contribution >= 0.6 is 0 Å². The molecule has 2 aromatic rings. The minimum Gasteiger partial charge on any atom is -0.492 e. The Hall–Kier alpha value is -3.42. The Labute approximate surface area is 149 Å². The molecule has 134 valence electrons. The highest BCUT2D eigenvalue weighted by Crippen LogP contribution is 2.29. The highest BCUT2D eigenvalue weighted by atomic mass is 16.6. The molecule has 1 saturated heterocycles. The molecule has 1 fully saturated rings. The predicted octanol–water partition coefficient (Wildman–Crippen LogP) is 2.44. The number of para-hydroxylation sites is 1. The first-order valence-corrected chi connectivity index (χ1v) is 7.99. The van der Waals surface area contributed by atoms with Gasteiger partial charge in [0.05, 0.1) is 11.5 Å². The number of hydrogen-bond donors (Lipinski definition) is 1. The van der Waals surface area contributed by atoms with Gasteiger partial charge in [-0.2, -0.15) is 0 Å². The molecule has 3 amide bonds. The summed E-state index contributed by atoms with van der Waals surface area (Å²) >= 11 is 0. The van der Waals surface area contributed by atoms with E-state index < -0.39 is 22.4 Å². The number of hydrogen-bond acceptors (Lipinski definition) is 5.